The molecule has 0 radical (unpaired) electrons. The van der Waals surface area contributed by atoms with Gasteiger partial charge in [-0.2, -0.15) is 0 Å². The van der Waals surface area contributed by atoms with Crippen molar-refractivity contribution in [1.29, 1.82) is 0 Å². The van der Waals surface area contributed by atoms with Crippen molar-refractivity contribution in [1.82, 2.24) is 5.32 Å². The van der Waals surface area contributed by atoms with Gasteiger partial charge in [0.1, 0.15) is 0 Å². The molecule has 0 unspecified atom stereocenters. The average Bonchev–Trinajstić information content (AvgIpc) is 2.83. The molecule has 0 aliphatic heterocycles. The summed E-state index contributed by atoms with van der Waals surface area (Å²) < 4.78 is 15.6. The Balaban J connectivity index is 1.59. The molecule has 134 valence electrons. The molecule has 0 spiro atoms. The highest BCUT2D eigenvalue weighted by atomic mass is 16.5. The lowest BCUT2D eigenvalue weighted by molar-refractivity contribution is -0.124. The minimum atomic E-state index is 0.111. The first-order valence-electron chi connectivity index (χ1n) is 8.85. The summed E-state index contributed by atoms with van der Waals surface area (Å²) in [6.45, 7) is 9.77. The normalized spacial score (nSPS) is 31.5. The largest absolute Gasteiger partial charge is 0.382 e. The van der Waals surface area contributed by atoms with E-state index in [4.69, 9.17) is 14.2 Å². The SMILES string of the molecule is COCCOCCOCCC(=O)N[C@@H]1C[C@@H]2CC[C@@]1(C)C2(C)C. The maximum Gasteiger partial charge on any atom is 0.222 e. The maximum atomic E-state index is 12.2. The summed E-state index contributed by atoms with van der Waals surface area (Å²) in [6, 6.07) is 0.320. The molecule has 2 fully saturated rings. The summed E-state index contributed by atoms with van der Waals surface area (Å²) in [6.07, 6.45) is 4.09. The van der Waals surface area contributed by atoms with Crippen molar-refractivity contribution >= 4 is 5.91 Å². The molecule has 0 saturated heterocycles. The van der Waals surface area contributed by atoms with Gasteiger partial charge in [-0.25, -0.2) is 0 Å². The highest BCUT2D eigenvalue weighted by molar-refractivity contribution is 5.76. The minimum absolute atomic E-state index is 0.111. The number of fused-ring (bicyclic) bond motifs is 2. The number of amides is 1. The van der Waals surface area contributed by atoms with Crippen molar-refractivity contribution in [3.63, 3.8) is 0 Å². The second kappa shape index (κ2) is 7.95. The molecule has 0 heterocycles. The summed E-state index contributed by atoms with van der Waals surface area (Å²) in [7, 11) is 1.65. The molecular weight excluding hydrogens is 294 g/mol. The molecule has 0 aromatic carbocycles. The Morgan fingerprint density at radius 3 is 2.30 bits per heavy atom. The topological polar surface area (TPSA) is 56.8 Å². The van der Waals surface area contributed by atoms with Crippen LogP contribution in [0.4, 0.5) is 0 Å². The van der Waals surface area contributed by atoms with Gasteiger partial charge in [-0.15, -0.1) is 0 Å². The number of carbonyl (C=O) groups is 1. The Labute approximate surface area is 140 Å². The van der Waals surface area contributed by atoms with Gasteiger partial charge in [0, 0.05) is 19.6 Å². The van der Waals surface area contributed by atoms with E-state index in [0.717, 1.165) is 12.3 Å². The Bertz CT molecular complexity index is 398. The zero-order chi connectivity index (χ0) is 16.9. The number of carbonyl (C=O) groups excluding carboxylic acids is 1. The van der Waals surface area contributed by atoms with Crippen LogP contribution in [0.2, 0.25) is 0 Å². The summed E-state index contributed by atoms with van der Waals surface area (Å²) in [4.78, 5) is 12.2. The van der Waals surface area contributed by atoms with Gasteiger partial charge in [-0.3, -0.25) is 4.79 Å². The van der Waals surface area contributed by atoms with Gasteiger partial charge in [0.25, 0.3) is 0 Å². The van der Waals surface area contributed by atoms with Gasteiger partial charge >= 0.3 is 0 Å². The molecule has 1 amide bonds. The molecule has 2 rings (SSSR count). The van der Waals surface area contributed by atoms with E-state index in [2.05, 4.69) is 26.1 Å². The predicted molar refractivity (Wildman–Crippen MR) is 89.3 cm³/mol. The third-order valence-corrected chi connectivity index (χ3v) is 6.41. The van der Waals surface area contributed by atoms with Crippen LogP contribution in [0.3, 0.4) is 0 Å². The van der Waals surface area contributed by atoms with Crippen LogP contribution in [-0.4, -0.2) is 52.1 Å². The van der Waals surface area contributed by atoms with Crippen LogP contribution < -0.4 is 5.32 Å². The first kappa shape index (κ1) is 18.7. The van der Waals surface area contributed by atoms with E-state index < -0.39 is 0 Å². The van der Waals surface area contributed by atoms with Crippen LogP contribution >= 0.6 is 0 Å². The van der Waals surface area contributed by atoms with Crippen LogP contribution in [0.1, 0.15) is 46.5 Å². The van der Waals surface area contributed by atoms with Gasteiger partial charge in [0.15, 0.2) is 0 Å². The van der Waals surface area contributed by atoms with E-state index in [9.17, 15) is 4.79 Å². The molecule has 3 atom stereocenters. The van der Waals surface area contributed by atoms with Crippen LogP contribution in [0, 0.1) is 16.7 Å². The van der Waals surface area contributed by atoms with E-state index in [-0.39, 0.29) is 11.3 Å². The zero-order valence-corrected chi connectivity index (χ0v) is 15.2. The predicted octanol–water partition coefficient (Wildman–Crippen LogP) is 2.39. The highest BCUT2D eigenvalue weighted by Gasteiger charge is 2.61. The quantitative estimate of drug-likeness (QED) is 0.626. The molecule has 2 bridgehead atoms. The molecule has 1 N–H and O–H groups in total. The number of ether oxygens (including phenoxy) is 3. The molecule has 5 nitrogen and oxygen atoms in total. The van der Waals surface area contributed by atoms with E-state index in [1.165, 1.54) is 12.8 Å². The third-order valence-electron chi connectivity index (χ3n) is 6.41. The van der Waals surface area contributed by atoms with Gasteiger partial charge < -0.3 is 19.5 Å². The fourth-order valence-corrected chi connectivity index (χ4v) is 4.32. The second-order valence-corrected chi connectivity index (χ2v) is 7.70. The molecule has 0 aromatic heterocycles. The summed E-state index contributed by atoms with van der Waals surface area (Å²) in [5.41, 5.74) is 0.574. The van der Waals surface area contributed by atoms with E-state index in [1.807, 2.05) is 0 Å². The Kier molecular flexibility index (Phi) is 6.46. The first-order valence-corrected chi connectivity index (χ1v) is 8.85. The monoisotopic (exact) mass is 327 g/mol. The van der Waals surface area contributed by atoms with Crippen LogP contribution in [0.5, 0.6) is 0 Å². The smallest absolute Gasteiger partial charge is 0.222 e. The van der Waals surface area contributed by atoms with E-state index >= 15 is 0 Å². The minimum Gasteiger partial charge on any atom is -0.382 e. The molecule has 0 aromatic rings. The standard InChI is InChI=1S/C18H33NO4/c1-17(2)14-5-7-18(17,3)15(13-14)19-16(20)6-8-22-11-12-23-10-9-21-4/h14-15H,5-13H2,1-4H3,(H,19,20)/t14-,15+,18+/m0/s1. The fraction of sp³-hybridized carbons (Fsp3) is 0.944. The van der Waals surface area contributed by atoms with Crippen LogP contribution in [-0.2, 0) is 19.0 Å². The summed E-state index contributed by atoms with van der Waals surface area (Å²) in [5.74, 6) is 0.859. The molecule has 2 aliphatic rings. The lowest BCUT2D eigenvalue weighted by Crippen LogP contribution is -2.47. The first-order chi connectivity index (χ1) is 10.9. The molecule has 23 heavy (non-hydrogen) atoms. The fourth-order valence-electron chi connectivity index (χ4n) is 4.32. The Morgan fingerprint density at radius 1 is 1.09 bits per heavy atom. The number of rotatable bonds is 10. The van der Waals surface area contributed by atoms with Gasteiger partial charge in [0.2, 0.25) is 5.91 Å². The van der Waals surface area contributed by atoms with Crippen molar-refractivity contribution in [3.8, 4) is 0 Å². The molecule has 2 saturated carbocycles. The highest BCUT2D eigenvalue weighted by Crippen LogP contribution is 2.65. The van der Waals surface area contributed by atoms with Crippen LogP contribution in [0.25, 0.3) is 0 Å². The summed E-state index contributed by atoms with van der Waals surface area (Å²) >= 11 is 0. The van der Waals surface area contributed by atoms with Gasteiger partial charge in [-0.1, -0.05) is 20.8 Å². The van der Waals surface area contributed by atoms with E-state index in [0.29, 0.717) is 50.9 Å². The summed E-state index contributed by atoms with van der Waals surface area (Å²) in [5, 5.41) is 3.26. The van der Waals surface area contributed by atoms with Crippen molar-refractivity contribution in [3.05, 3.63) is 0 Å². The van der Waals surface area contributed by atoms with Gasteiger partial charge in [-0.05, 0) is 36.0 Å². The lowest BCUT2D eigenvalue weighted by atomic mass is 9.69. The third kappa shape index (κ3) is 4.06. The van der Waals surface area contributed by atoms with Gasteiger partial charge in [0.05, 0.1) is 33.0 Å². The Hall–Kier alpha value is -0.650. The zero-order valence-electron chi connectivity index (χ0n) is 15.2. The number of hydrogen-bond donors (Lipinski definition) is 1. The van der Waals surface area contributed by atoms with Crippen molar-refractivity contribution in [2.24, 2.45) is 16.7 Å². The van der Waals surface area contributed by atoms with Crippen LogP contribution in [0.15, 0.2) is 0 Å². The number of nitrogens with one attached hydrogen (secondary N) is 1. The Morgan fingerprint density at radius 2 is 1.74 bits per heavy atom. The van der Waals surface area contributed by atoms with Crippen molar-refractivity contribution in [2.45, 2.75) is 52.5 Å². The van der Waals surface area contributed by atoms with Crippen molar-refractivity contribution < 1.29 is 19.0 Å². The second-order valence-electron chi connectivity index (χ2n) is 7.70. The van der Waals surface area contributed by atoms with Crippen molar-refractivity contribution in [2.75, 3.05) is 40.1 Å². The average molecular weight is 327 g/mol. The number of methoxy groups -OCH3 is 1. The molecule has 2 aliphatic carbocycles. The molecular formula is C18H33NO4. The lowest BCUT2D eigenvalue weighted by Gasteiger charge is -2.39. The maximum absolute atomic E-state index is 12.2. The number of hydrogen-bond acceptors (Lipinski definition) is 4. The molecule has 5 heteroatoms. The van der Waals surface area contributed by atoms with E-state index in [1.54, 1.807) is 7.11 Å².